The summed E-state index contributed by atoms with van der Waals surface area (Å²) in [6.45, 7) is 0. The number of alkyl halides is 6. The Hall–Kier alpha value is -3.32. The highest BCUT2D eigenvalue weighted by Crippen LogP contribution is 2.36. The Morgan fingerprint density at radius 1 is 1.26 bits per heavy atom. The van der Waals surface area contributed by atoms with Gasteiger partial charge in [-0.1, -0.05) is 0 Å². The molecule has 14 heteroatoms. The van der Waals surface area contributed by atoms with Crippen LogP contribution >= 0.6 is 0 Å². The molecule has 1 rings (SSSR count). The number of nitro groups is 1. The van der Waals surface area contributed by atoms with Crippen LogP contribution in [-0.2, 0) is 6.18 Å². The third-order valence-corrected chi connectivity index (χ3v) is 2.78. The second-order valence-electron chi connectivity index (χ2n) is 4.70. The van der Waals surface area contributed by atoms with Crippen LogP contribution in [0, 0.1) is 10.1 Å². The zero-order chi connectivity index (χ0) is 21.0. The molecule has 1 aromatic rings. The Labute approximate surface area is 146 Å². The Morgan fingerprint density at radius 2 is 1.85 bits per heavy atom. The van der Waals surface area contributed by atoms with Crippen molar-refractivity contribution in [2.45, 2.75) is 12.4 Å². The molecule has 148 valence electrons. The first kappa shape index (κ1) is 21.7. The lowest BCUT2D eigenvalue weighted by molar-refractivity contribution is -0.385. The number of amides is 2. The molecular formula is C13H11F6N4O4+. The topological polar surface area (TPSA) is 119 Å². The summed E-state index contributed by atoms with van der Waals surface area (Å²) in [6, 6.07) is -0.153. The van der Waals surface area contributed by atoms with Crippen molar-refractivity contribution in [2.75, 3.05) is 7.05 Å². The second-order valence-corrected chi connectivity index (χ2v) is 4.70. The van der Waals surface area contributed by atoms with Gasteiger partial charge in [-0.15, -0.1) is 0 Å². The number of urea groups is 1. The summed E-state index contributed by atoms with van der Waals surface area (Å²) >= 11 is 0. The summed E-state index contributed by atoms with van der Waals surface area (Å²) in [5.74, 6) is -1.90. The number of halogens is 6. The average Bonchev–Trinajstić information content (AvgIpc) is 2.52. The van der Waals surface area contributed by atoms with Crippen LogP contribution < -0.4 is 20.8 Å². The SMILES string of the molecule is CNC(=O)N/C(=C\C(=[NH2+])Oc1ccc(C(F)(F)F)cc1[N+](=O)[O-])C(F)(F)F. The van der Waals surface area contributed by atoms with Gasteiger partial charge in [0.05, 0.1) is 16.6 Å². The molecule has 0 aromatic heterocycles. The molecule has 0 aliphatic carbocycles. The van der Waals surface area contributed by atoms with E-state index in [1.54, 1.807) is 0 Å². The van der Waals surface area contributed by atoms with E-state index in [-0.39, 0.29) is 12.1 Å². The molecule has 8 nitrogen and oxygen atoms in total. The predicted octanol–water partition coefficient (Wildman–Crippen LogP) is 1.53. The summed E-state index contributed by atoms with van der Waals surface area (Å²) < 4.78 is 81.0. The van der Waals surface area contributed by atoms with Crippen LogP contribution in [0.2, 0.25) is 0 Å². The highest BCUT2D eigenvalue weighted by atomic mass is 19.4. The largest absolute Gasteiger partial charge is 0.431 e. The summed E-state index contributed by atoms with van der Waals surface area (Å²) in [7, 11) is 1.04. The zero-order valence-corrected chi connectivity index (χ0v) is 13.2. The van der Waals surface area contributed by atoms with Gasteiger partial charge in [0.15, 0.2) is 0 Å². The van der Waals surface area contributed by atoms with Gasteiger partial charge in [0.25, 0.3) is 0 Å². The molecule has 0 atom stereocenters. The number of nitro benzene ring substituents is 1. The van der Waals surface area contributed by atoms with Crippen molar-refractivity contribution in [2.24, 2.45) is 0 Å². The molecule has 0 bridgehead atoms. The highest BCUT2D eigenvalue weighted by Gasteiger charge is 2.37. The molecule has 0 aliphatic rings. The third kappa shape index (κ3) is 6.16. The maximum Gasteiger partial charge on any atom is 0.431 e. The van der Waals surface area contributed by atoms with Crippen molar-refractivity contribution in [3.05, 3.63) is 45.6 Å². The quantitative estimate of drug-likeness (QED) is 0.233. The lowest BCUT2D eigenvalue weighted by atomic mass is 10.2. The summed E-state index contributed by atoms with van der Waals surface area (Å²) in [5, 5.41) is 19.4. The molecular weight excluding hydrogens is 390 g/mol. The fourth-order valence-electron chi connectivity index (χ4n) is 1.59. The van der Waals surface area contributed by atoms with Gasteiger partial charge in [0.2, 0.25) is 5.75 Å². The number of ether oxygens (including phenoxy) is 1. The number of carbonyl (C=O) groups excluding carboxylic acids is 1. The number of nitrogens with zero attached hydrogens (tertiary/aromatic N) is 1. The molecule has 1 aromatic carbocycles. The monoisotopic (exact) mass is 401 g/mol. The summed E-state index contributed by atoms with van der Waals surface area (Å²) in [4.78, 5) is 20.7. The van der Waals surface area contributed by atoms with E-state index >= 15 is 0 Å². The fourth-order valence-corrected chi connectivity index (χ4v) is 1.59. The van der Waals surface area contributed by atoms with Gasteiger partial charge in [-0.2, -0.15) is 26.3 Å². The van der Waals surface area contributed by atoms with Crippen LogP contribution in [0.5, 0.6) is 5.75 Å². The van der Waals surface area contributed by atoms with E-state index in [1.165, 1.54) is 5.32 Å². The van der Waals surface area contributed by atoms with E-state index in [1.807, 2.05) is 5.32 Å². The first-order valence-electron chi connectivity index (χ1n) is 6.69. The smallest absolute Gasteiger partial charge is 0.398 e. The van der Waals surface area contributed by atoms with E-state index in [2.05, 4.69) is 4.74 Å². The van der Waals surface area contributed by atoms with Gasteiger partial charge in [0, 0.05) is 13.1 Å². The molecule has 0 radical (unpaired) electrons. The summed E-state index contributed by atoms with van der Waals surface area (Å²) in [5.41, 5.74) is -4.21. The minimum absolute atomic E-state index is 0.108. The van der Waals surface area contributed by atoms with Gasteiger partial charge in [-0.05, 0) is 12.1 Å². The Morgan fingerprint density at radius 3 is 2.30 bits per heavy atom. The molecule has 2 amide bonds. The van der Waals surface area contributed by atoms with E-state index in [0.29, 0.717) is 12.1 Å². The second kappa shape index (κ2) is 7.92. The van der Waals surface area contributed by atoms with Crippen molar-refractivity contribution in [1.29, 1.82) is 0 Å². The Bertz CT molecular complexity index is 788. The van der Waals surface area contributed by atoms with Crippen LogP contribution in [0.15, 0.2) is 30.0 Å². The van der Waals surface area contributed by atoms with Crippen molar-refractivity contribution in [3.8, 4) is 5.75 Å². The molecule has 0 saturated carbocycles. The Kier molecular flexibility index (Phi) is 6.37. The van der Waals surface area contributed by atoms with Gasteiger partial charge in [-0.3, -0.25) is 10.1 Å². The van der Waals surface area contributed by atoms with Crippen LogP contribution in [-0.4, -0.2) is 30.1 Å². The first-order valence-corrected chi connectivity index (χ1v) is 6.69. The number of hydrogen-bond acceptors (Lipinski definition) is 4. The van der Waals surface area contributed by atoms with E-state index in [0.717, 1.165) is 7.05 Å². The minimum Gasteiger partial charge on any atom is -0.398 e. The van der Waals surface area contributed by atoms with Gasteiger partial charge < -0.3 is 15.4 Å². The summed E-state index contributed by atoms with van der Waals surface area (Å²) in [6.07, 6.45) is -9.86. The number of benzene rings is 1. The van der Waals surface area contributed by atoms with Crippen LogP contribution in [0.1, 0.15) is 5.56 Å². The molecule has 0 aliphatic heterocycles. The molecule has 0 unspecified atom stereocenters. The Balaban J connectivity index is 3.20. The molecule has 0 heterocycles. The van der Waals surface area contributed by atoms with E-state index < -0.39 is 51.9 Å². The molecule has 4 N–H and O–H groups in total. The standard InChI is InChI=1S/C13H10F6N4O4/c1-21-11(24)22-9(13(17,18)19)5-10(20)27-8-3-2-6(12(14,15)16)4-7(8)23(25)26/h2-5,20H,1H3,(H2,21,22,24)/p+1/b9-5-,20-10?. The lowest BCUT2D eigenvalue weighted by Gasteiger charge is -2.12. The molecule has 0 spiro atoms. The van der Waals surface area contributed by atoms with Crippen LogP contribution in [0.3, 0.4) is 0 Å². The van der Waals surface area contributed by atoms with E-state index in [4.69, 9.17) is 5.41 Å². The molecule has 0 saturated heterocycles. The van der Waals surface area contributed by atoms with Gasteiger partial charge in [-0.25, -0.2) is 10.2 Å². The highest BCUT2D eigenvalue weighted by molar-refractivity contribution is 5.87. The van der Waals surface area contributed by atoms with Crippen molar-refractivity contribution in [3.63, 3.8) is 0 Å². The third-order valence-electron chi connectivity index (χ3n) is 2.78. The predicted molar refractivity (Wildman–Crippen MR) is 77.4 cm³/mol. The fraction of sp³-hybridized carbons (Fsp3) is 0.231. The minimum atomic E-state index is -5.08. The van der Waals surface area contributed by atoms with Crippen LogP contribution in [0.4, 0.5) is 36.8 Å². The number of allylic oxidation sites excluding steroid dienone is 1. The first-order chi connectivity index (χ1) is 12.3. The number of carbonyl (C=O) groups is 1. The normalized spacial score (nSPS) is 12.3. The number of nitrogens with two attached hydrogens (primary N) is 1. The van der Waals surface area contributed by atoms with E-state index in [9.17, 15) is 41.3 Å². The lowest BCUT2D eigenvalue weighted by Crippen LogP contribution is -2.45. The van der Waals surface area contributed by atoms with Gasteiger partial charge >= 0.3 is 30.0 Å². The van der Waals surface area contributed by atoms with Crippen molar-refractivity contribution in [1.82, 2.24) is 10.6 Å². The number of rotatable bonds is 4. The maximum atomic E-state index is 12.8. The zero-order valence-electron chi connectivity index (χ0n) is 13.2. The van der Waals surface area contributed by atoms with Crippen molar-refractivity contribution >= 4 is 17.6 Å². The number of hydrogen-bond donors (Lipinski definition) is 3. The maximum absolute atomic E-state index is 12.8. The van der Waals surface area contributed by atoms with Crippen molar-refractivity contribution < 1.29 is 46.2 Å². The molecule has 0 fully saturated rings. The van der Waals surface area contributed by atoms with Crippen LogP contribution in [0.25, 0.3) is 0 Å². The van der Waals surface area contributed by atoms with Gasteiger partial charge in [0.1, 0.15) is 5.70 Å². The molecule has 27 heavy (non-hydrogen) atoms. The average molecular weight is 401 g/mol. The number of nitrogens with one attached hydrogen (secondary N) is 2.